The average molecular weight is 378 g/mol. The number of halogens is 1. The van der Waals surface area contributed by atoms with Crippen LogP contribution in [0.4, 0.5) is 0 Å². The largest absolute Gasteiger partial charge is 0.505 e. The maximum Gasteiger partial charge on any atom is 0.292 e. The second-order valence-electron chi connectivity index (χ2n) is 5.08. The number of carbonyl (C=O) groups is 1. The molecule has 9 heteroatoms. The van der Waals surface area contributed by atoms with E-state index < -0.39 is 27.4 Å². The number of hydrazone groups is 1. The summed E-state index contributed by atoms with van der Waals surface area (Å²) in [6.07, 6.45) is 1.36. The number of hydrogen-bond acceptors (Lipinski definition) is 5. The number of hydrogen-bond donors (Lipinski definition) is 3. The number of rotatable bonds is 3. The van der Waals surface area contributed by atoms with Crippen LogP contribution >= 0.6 is 11.6 Å². The molecule has 1 heterocycles. The van der Waals surface area contributed by atoms with Gasteiger partial charge in [-0.05, 0) is 29.8 Å². The first kappa shape index (κ1) is 17.0. The van der Waals surface area contributed by atoms with Crippen LogP contribution in [0, 0.1) is 0 Å². The summed E-state index contributed by atoms with van der Waals surface area (Å²) in [4.78, 5) is 12.1. The molecule has 0 spiro atoms. The number of sulfonamides is 1. The molecule has 2 aromatic rings. The number of benzene rings is 2. The van der Waals surface area contributed by atoms with Crippen LogP contribution in [0.3, 0.4) is 0 Å². The molecule has 0 bridgehead atoms. The number of aliphatic hydroxyl groups is 1. The molecule has 7 nitrogen and oxygen atoms in total. The Morgan fingerprint density at radius 2 is 1.84 bits per heavy atom. The topological polar surface area (TPSA) is 108 Å². The van der Waals surface area contributed by atoms with Crippen LogP contribution < -0.4 is 10.1 Å². The van der Waals surface area contributed by atoms with Crippen molar-refractivity contribution in [3.63, 3.8) is 0 Å². The molecule has 2 aromatic carbocycles. The van der Waals surface area contributed by atoms with E-state index in [4.69, 9.17) is 11.6 Å². The minimum Gasteiger partial charge on any atom is -0.505 e. The van der Waals surface area contributed by atoms with Crippen molar-refractivity contribution in [1.29, 1.82) is 0 Å². The number of nitrogens with one attached hydrogen (secondary N) is 2. The van der Waals surface area contributed by atoms with E-state index in [-0.39, 0.29) is 10.5 Å². The fraction of sp³-hybridized carbons (Fsp3) is 0. The quantitative estimate of drug-likeness (QED) is 0.561. The monoisotopic (exact) mass is 377 g/mol. The Balaban J connectivity index is 1.84. The van der Waals surface area contributed by atoms with Gasteiger partial charge in [0.1, 0.15) is 0 Å². The number of amides is 1. The lowest BCUT2D eigenvalue weighted by Gasteiger charge is -2.20. The molecule has 0 saturated carbocycles. The van der Waals surface area contributed by atoms with Crippen molar-refractivity contribution in [2.75, 3.05) is 0 Å². The summed E-state index contributed by atoms with van der Waals surface area (Å²) in [5, 5.41) is 14.5. The van der Waals surface area contributed by atoms with E-state index in [1.54, 1.807) is 30.3 Å². The van der Waals surface area contributed by atoms with Crippen molar-refractivity contribution in [3.8, 4) is 0 Å². The maximum atomic E-state index is 12.2. The van der Waals surface area contributed by atoms with Crippen molar-refractivity contribution in [3.05, 3.63) is 70.4 Å². The smallest absolute Gasteiger partial charge is 0.292 e. The van der Waals surface area contributed by atoms with Gasteiger partial charge >= 0.3 is 0 Å². The standard InChI is InChI=1S/C16H12ClN3O4S/c17-11-7-5-10(6-8-11)9-18-19-16(22)14-15(21)12-3-1-2-4-13(12)25(23,24)20-14/h1-9,20-21H,(H,19,22)/b18-9+. The van der Waals surface area contributed by atoms with Crippen LogP contribution in [0.5, 0.6) is 0 Å². The second-order valence-corrected chi connectivity index (χ2v) is 7.16. The lowest BCUT2D eigenvalue weighted by Crippen LogP contribution is -2.37. The first-order valence-electron chi connectivity index (χ1n) is 7.03. The molecule has 0 fully saturated rings. The summed E-state index contributed by atoms with van der Waals surface area (Å²) < 4.78 is 26.4. The second kappa shape index (κ2) is 6.58. The maximum absolute atomic E-state index is 12.2. The molecule has 0 aromatic heterocycles. The molecule has 1 aliphatic rings. The van der Waals surface area contributed by atoms with Crippen LogP contribution in [0.25, 0.3) is 5.76 Å². The Morgan fingerprint density at radius 1 is 1.16 bits per heavy atom. The van der Waals surface area contributed by atoms with E-state index in [2.05, 4.69) is 15.2 Å². The Kier molecular flexibility index (Phi) is 4.47. The summed E-state index contributed by atoms with van der Waals surface area (Å²) >= 11 is 5.77. The van der Waals surface area contributed by atoms with Crippen molar-refractivity contribution in [2.24, 2.45) is 5.10 Å². The molecular formula is C16H12ClN3O4S. The highest BCUT2D eigenvalue weighted by atomic mass is 35.5. The number of carbonyl (C=O) groups excluding carboxylic acids is 1. The fourth-order valence-corrected chi connectivity index (χ4v) is 3.60. The summed E-state index contributed by atoms with van der Waals surface area (Å²) in [6, 6.07) is 12.5. The highest BCUT2D eigenvalue weighted by Crippen LogP contribution is 2.28. The van der Waals surface area contributed by atoms with Crippen molar-refractivity contribution in [1.82, 2.24) is 10.1 Å². The molecule has 3 rings (SSSR count). The number of fused-ring (bicyclic) bond motifs is 1. The van der Waals surface area contributed by atoms with Crippen LogP contribution in [-0.4, -0.2) is 25.6 Å². The van der Waals surface area contributed by atoms with Gasteiger partial charge in [0.05, 0.1) is 11.1 Å². The van der Waals surface area contributed by atoms with E-state index in [9.17, 15) is 18.3 Å². The first-order chi connectivity index (χ1) is 11.9. The van der Waals surface area contributed by atoms with Gasteiger partial charge in [-0.1, -0.05) is 35.9 Å². The highest BCUT2D eigenvalue weighted by Gasteiger charge is 2.32. The van der Waals surface area contributed by atoms with Crippen molar-refractivity contribution < 1.29 is 18.3 Å². The van der Waals surface area contributed by atoms with Gasteiger partial charge in [0, 0.05) is 10.6 Å². The van der Waals surface area contributed by atoms with E-state index in [0.717, 1.165) is 0 Å². The zero-order valence-electron chi connectivity index (χ0n) is 12.6. The molecule has 0 radical (unpaired) electrons. The predicted molar refractivity (Wildman–Crippen MR) is 93.5 cm³/mol. The van der Waals surface area contributed by atoms with Gasteiger partial charge in [-0.3, -0.25) is 9.52 Å². The number of aliphatic hydroxyl groups excluding tert-OH is 1. The molecular weight excluding hydrogens is 366 g/mol. The van der Waals surface area contributed by atoms with E-state index in [1.807, 2.05) is 0 Å². The molecule has 1 aliphatic heterocycles. The minimum absolute atomic E-state index is 0.0491. The van der Waals surface area contributed by atoms with Gasteiger partial charge in [-0.15, -0.1) is 0 Å². The Morgan fingerprint density at radius 3 is 2.56 bits per heavy atom. The lowest BCUT2D eigenvalue weighted by atomic mass is 10.1. The third-order valence-corrected chi connectivity index (χ3v) is 5.04. The van der Waals surface area contributed by atoms with Gasteiger partial charge in [-0.25, -0.2) is 13.8 Å². The highest BCUT2D eigenvalue weighted by molar-refractivity contribution is 7.89. The van der Waals surface area contributed by atoms with Crippen molar-refractivity contribution in [2.45, 2.75) is 4.90 Å². The fourth-order valence-electron chi connectivity index (χ4n) is 2.19. The van der Waals surface area contributed by atoms with Crippen LogP contribution in [0.15, 0.2) is 64.2 Å². The summed E-state index contributed by atoms with van der Waals surface area (Å²) in [5.74, 6) is -1.36. The molecule has 0 aliphatic carbocycles. The average Bonchev–Trinajstić information content (AvgIpc) is 2.60. The van der Waals surface area contributed by atoms with E-state index in [0.29, 0.717) is 10.6 Å². The van der Waals surface area contributed by atoms with Crippen LogP contribution in [-0.2, 0) is 14.8 Å². The van der Waals surface area contributed by atoms with Gasteiger partial charge < -0.3 is 5.11 Å². The van der Waals surface area contributed by atoms with Crippen molar-refractivity contribution >= 4 is 39.5 Å². The Bertz CT molecular complexity index is 998. The normalized spacial score (nSPS) is 15.6. The zero-order valence-corrected chi connectivity index (χ0v) is 14.2. The molecule has 3 N–H and O–H groups in total. The zero-order chi connectivity index (χ0) is 18.0. The van der Waals surface area contributed by atoms with Crippen LogP contribution in [0.2, 0.25) is 5.02 Å². The van der Waals surface area contributed by atoms with E-state index >= 15 is 0 Å². The molecule has 25 heavy (non-hydrogen) atoms. The molecule has 0 atom stereocenters. The summed E-state index contributed by atoms with van der Waals surface area (Å²) in [7, 11) is -3.95. The van der Waals surface area contributed by atoms with Gasteiger partial charge in [-0.2, -0.15) is 5.10 Å². The Labute approximate surface area is 148 Å². The first-order valence-corrected chi connectivity index (χ1v) is 8.89. The number of nitrogens with zero attached hydrogens (tertiary/aromatic N) is 1. The van der Waals surface area contributed by atoms with Gasteiger partial charge in [0.15, 0.2) is 11.5 Å². The predicted octanol–water partition coefficient (Wildman–Crippen LogP) is 2.01. The molecule has 0 saturated heterocycles. The van der Waals surface area contributed by atoms with Gasteiger partial charge in [0.2, 0.25) is 0 Å². The molecule has 0 unspecified atom stereocenters. The third kappa shape index (κ3) is 3.49. The minimum atomic E-state index is -3.95. The van der Waals surface area contributed by atoms with Gasteiger partial charge in [0.25, 0.3) is 15.9 Å². The third-order valence-electron chi connectivity index (χ3n) is 3.38. The lowest BCUT2D eigenvalue weighted by molar-refractivity contribution is -0.117. The SMILES string of the molecule is O=C(N/N=C/c1ccc(Cl)cc1)C1=C(O)c2ccccc2S(=O)(=O)N1. The summed E-state index contributed by atoms with van der Waals surface area (Å²) in [6.45, 7) is 0. The van der Waals surface area contributed by atoms with Crippen LogP contribution in [0.1, 0.15) is 11.1 Å². The summed E-state index contributed by atoms with van der Waals surface area (Å²) in [5.41, 5.74) is 2.40. The molecule has 1 amide bonds. The molecule has 128 valence electrons. The Hall–Kier alpha value is -2.84. The van der Waals surface area contributed by atoms with E-state index in [1.165, 1.54) is 24.4 Å².